The van der Waals surface area contributed by atoms with Gasteiger partial charge in [0.15, 0.2) is 5.15 Å². The number of rotatable bonds is 2. The highest BCUT2D eigenvalue weighted by atomic mass is 35.5. The van der Waals surface area contributed by atoms with Crippen LogP contribution in [-0.4, -0.2) is 28.2 Å². The Balaban J connectivity index is 1.74. The van der Waals surface area contributed by atoms with Crippen LogP contribution in [0, 0.1) is 0 Å². The molecule has 0 N–H and O–H groups in total. The molecule has 0 atom stereocenters. The Morgan fingerprint density at radius 2 is 2.05 bits per heavy atom. The van der Waals surface area contributed by atoms with E-state index in [1.165, 1.54) is 5.56 Å². The Labute approximate surface area is 117 Å². The normalized spacial score (nSPS) is 15.4. The zero-order valence-corrected chi connectivity index (χ0v) is 11.2. The molecule has 1 aliphatic heterocycles. The monoisotopic (exact) mass is 275 g/mol. The quantitative estimate of drug-likeness (QED) is 0.844. The van der Waals surface area contributed by atoms with Crippen molar-refractivity contribution < 1.29 is 4.74 Å². The Morgan fingerprint density at radius 3 is 2.89 bits per heavy atom. The lowest BCUT2D eigenvalue weighted by Gasteiger charge is -2.18. The number of aromatic nitrogens is 2. The van der Waals surface area contributed by atoms with Crippen LogP contribution in [0.4, 0.5) is 0 Å². The predicted molar refractivity (Wildman–Crippen MR) is 73.1 cm³/mol. The molecule has 1 aliphatic rings. The van der Waals surface area contributed by atoms with E-state index in [-0.39, 0.29) is 0 Å². The summed E-state index contributed by atoms with van der Waals surface area (Å²) in [6.07, 6.45) is 0. The number of halogens is 1. The van der Waals surface area contributed by atoms with Gasteiger partial charge in [-0.15, -0.1) is 5.10 Å². The summed E-state index contributed by atoms with van der Waals surface area (Å²) in [6, 6.07) is 11.8. The van der Waals surface area contributed by atoms with Crippen LogP contribution in [0.1, 0.15) is 11.3 Å². The molecule has 0 spiro atoms. The van der Waals surface area contributed by atoms with E-state index in [1.54, 1.807) is 6.07 Å². The first-order valence-corrected chi connectivity index (χ1v) is 6.60. The minimum atomic E-state index is 0.424. The summed E-state index contributed by atoms with van der Waals surface area (Å²) >= 11 is 5.74. The van der Waals surface area contributed by atoms with Crippen molar-refractivity contribution in [2.75, 3.05) is 13.2 Å². The molecule has 5 heteroatoms. The SMILES string of the molecule is Clc1ccc(CN2CCOc3ccccc3C2)nn1. The minimum Gasteiger partial charge on any atom is -0.492 e. The van der Waals surface area contributed by atoms with Crippen LogP contribution in [-0.2, 0) is 13.1 Å². The molecule has 2 aromatic rings. The first-order valence-electron chi connectivity index (χ1n) is 6.22. The summed E-state index contributed by atoms with van der Waals surface area (Å²) < 4.78 is 5.74. The van der Waals surface area contributed by atoms with Crippen LogP contribution >= 0.6 is 11.6 Å². The fourth-order valence-corrected chi connectivity index (χ4v) is 2.27. The van der Waals surface area contributed by atoms with Crippen LogP contribution < -0.4 is 4.74 Å². The van der Waals surface area contributed by atoms with Crippen LogP contribution in [0.25, 0.3) is 0 Å². The highest BCUT2D eigenvalue weighted by molar-refractivity contribution is 6.29. The van der Waals surface area contributed by atoms with Crippen LogP contribution in [0.15, 0.2) is 36.4 Å². The summed E-state index contributed by atoms with van der Waals surface area (Å²) in [4.78, 5) is 2.30. The lowest BCUT2D eigenvalue weighted by atomic mass is 10.2. The van der Waals surface area contributed by atoms with E-state index in [4.69, 9.17) is 16.3 Å². The molecule has 0 saturated carbocycles. The molecule has 4 nitrogen and oxygen atoms in total. The zero-order chi connectivity index (χ0) is 13.1. The first-order chi connectivity index (χ1) is 9.31. The van der Waals surface area contributed by atoms with Crippen molar-refractivity contribution in [1.29, 1.82) is 0 Å². The summed E-state index contributed by atoms with van der Waals surface area (Å²) in [7, 11) is 0. The second-order valence-corrected chi connectivity index (χ2v) is 4.90. The number of para-hydroxylation sites is 1. The van der Waals surface area contributed by atoms with Gasteiger partial charge in [-0.2, -0.15) is 5.10 Å². The number of hydrogen-bond donors (Lipinski definition) is 0. The first kappa shape index (κ1) is 12.4. The summed E-state index contributed by atoms with van der Waals surface area (Å²) in [5, 5.41) is 8.39. The molecule has 0 fully saturated rings. The predicted octanol–water partition coefficient (Wildman–Crippen LogP) is 2.52. The molecule has 19 heavy (non-hydrogen) atoms. The molecule has 98 valence electrons. The number of hydrogen-bond acceptors (Lipinski definition) is 4. The van der Waals surface area contributed by atoms with Gasteiger partial charge in [0.1, 0.15) is 12.4 Å². The average molecular weight is 276 g/mol. The van der Waals surface area contributed by atoms with Gasteiger partial charge >= 0.3 is 0 Å². The maximum atomic E-state index is 5.74. The highest BCUT2D eigenvalue weighted by Gasteiger charge is 2.15. The van der Waals surface area contributed by atoms with E-state index in [9.17, 15) is 0 Å². The highest BCUT2D eigenvalue weighted by Crippen LogP contribution is 2.23. The fourth-order valence-electron chi connectivity index (χ4n) is 2.17. The maximum absolute atomic E-state index is 5.74. The Hall–Kier alpha value is -1.65. The van der Waals surface area contributed by atoms with E-state index in [2.05, 4.69) is 21.2 Å². The largest absolute Gasteiger partial charge is 0.492 e. The van der Waals surface area contributed by atoms with E-state index < -0.39 is 0 Å². The molecule has 0 unspecified atom stereocenters. The molecular weight excluding hydrogens is 262 g/mol. The molecule has 0 bridgehead atoms. The van der Waals surface area contributed by atoms with Crippen molar-refractivity contribution in [2.45, 2.75) is 13.1 Å². The Kier molecular flexibility index (Phi) is 3.62. The van der Waals surface area contributed by atoms with Crippen molar-refractivity contribution in [2.24, 2.45) is 0 Å². The van der Waals surface area contributed by atoms with Gasteiger partial charge in [-0.3, -0.25) is 4.90 Å². The van der Waals surface area contributed by atoms with Gasteiger partial charge in [-0.05, 0) is 18.2 Å². The number of fused-ring (bicyclic) bond motifs is 1. The summed E-state index contributed by atoms with van der Waals surface area (Å²) in [6.45, 7) is 3.18. The van der Waals surface area contributed by atoms with Crippen LogP contribution in [0.5, 0.6) is 5.75 Å². The van der Waals surface area contributed by atoms with E-state index in [0.717, 1.165) is 31.1 Å². The molecule has 0 amide bonds. The van der Waals surface area contributed by atoms with Gasteiger partial charge in [0.25, 0.3) is 0 Å². The van der Waals surface area contributed by atoms with Gasteiger partial charge in [-0.25, -0.2) is 0 Å². The maximum Gasteiger partial charge on any atom is 0.151 e. The van der Waals surface area contributed by atoms with Crippen molar-refractivity contribution in [3.8, 4) is 5.75 Å². The molecule has 1 aromatic carbocycles. The molecular formula is C14H14ClN3O. The van der Waals surface area contributed by atoms with Crippen LogP contribution in [0.2, 0.25) is 5.15 Å². The third-order valence-electron chi connectivity index (χ3n) is 3.10. The summed E-state index contributed by atoms with van der Waals surface area (Å²) in [5.74, 6) is 0.979. The Morgan fingerprint density at radius 1 is 1.16 bits per heavy atom. The fraction of sp³-hybridized carbons (Fsp3) is 0.286. The van der Waals surface area contributed by atoms with Gasteiger partial charge in [-0.1, -0.05) is 29.8 Å². The van der Waals surface area contributed by atoms with Crippen molar-refractivity contribution >= 4 is 11.6 Å². The Bertz CT molecular complexity index is 559. The molecule has 0 saturated heterocycles. The lowest BCUT2D eigenvalue weighted by Crippen LogP contribution is -2.25. The van der Waals surface area contributed by atoms with E-state index >= 15 is 0 Å². The second-order valence-electron chi connectivity index (χ2n) is 4.51. The third-order valence-corrected chi connectivity index (χ3v) is 3.31. The number of ether oxygens (including phenoxy) is 1. The van der Waals surface area contributed by atoms with Gasteiger partial charge in [0, 0.05) is 25.2 Å². The van der Waals surface area contributed by atoms with Gasteiger partial charge in [0.2, 0.25) is 0 Å². The molecule has 0 radical (unpaired) electrons. The summed E-state index contributed by atoms with van der Waals surface area (Å²) in [5.41, 5.74) is 2.13. The molecule has 0 aliphatic carbocycles. The van der Waals surface area contributed by atoms with Crippen molar-refractivity contribution in [1.82, 2.24) is 15.1 Å². The minimum absolute atomic E-state index is 0.424. The topological polar surface area (TPSA) is 38.2 Å². The van der Waals surface area contributed by atoms with Crippen molar-refractivity contribution in [3.63, 3.8) is 0 Å². The van der Waals surface area contributed by atoms with E-state index in [0.29, 0.717) is 11.8 Å². The number of nitrogens with zero attached hydrogens (tertiary/aromatic N) is 3. The van der Waals surface area contributed by atoms with E-state index in [1.807, 2.05) is 24.3 Å². The smallest absolute Gasteiger partial charge is 0.151 e. The third kappa shape index (κ3) is 3.03. The van der Waals surface area contributed by atoms with Crippen LogP contribution in [0.3, 0.4) is 0 Å². The molecule has 3 rings (SSSR count). The van der Waals surface area contributed by atoms with Crippen molar-refractivity contribution in [3.05, 3.63) is 52.8 Å². The van der Waals surface area contributed by atoms with Gasteiger partial charge < -0.3 is 4.74 Å². The standard InChI is InChI=1S/C14H14ClN3O/c15-14-6-5-12(16-17-14)10-18-7-8-19-13-4-2-1-3-11(13)9-18/h1-6H,7-10H2. The van der Waals surface area contributed by atoms with Gasteiger partial charge in [0.05, 0.1) is 5.69 Å². The average Bonchev–Trinajstić information content (AvgIpc) is 2.63. The second kappa shape index (κ2) is 5.55. The lowest BCUT2D eigenvalue weighted by molar-refractivity contribution is 0.217. The zero-order valence-electron chi connectivity index (χ0n) is 10.4. The molecule has 1 aromatic heterocycles. The number of benzene rings is 1. The molecule has 2 heterocycles.